The monoisotopic (exact) mass is 317 g/mol. The Kier molecular flexibility index (Phi) is 4.42. The molecule has 0 spiro atoms. The van der Waals surface area contributed by atoms with Crippen LogP contribution in [0.2, 0.25) is 0 Å². The summed E-state index contributed by atoms with van der Waals surface area (Å²) in [4.78, 5) is 1.91. The molecule has 2 aromatic heterocycles. The molecule has 0 amide bonds. The Balaban J connectivity index is 1.64. The topological polar surface area (TPSA) is 81.1 Å². The van der Waals surface area contributed by atoms with Crippen molar-refractivity contribution in [1.29, 1.82) is 0 Å². The molecule has 8 heteroatoms. The highest BCUT2D eigenvalue weighted by Gasteiger charge is 2.13. The average Bonchev–Trinajstić information content (AvgIpc) is 3.16. The first kappa shape index (κ1) is 15.3. The summed E-state index contributed by atoms with van der Waals surface area (Å²) in [6, 6.07) is 6.03. The molecule has 0 aliphatic heterocycles. The third-order valence-electron chi connectivity index (χ3n) is 3.16. The maximum Gasteiger partial charge on any atom is 0.247 e. The fourth-order valence-electron chi connectivity index (χ4n) is 2.07. The summed E-state index contributed by atoms with van der Waals surface area (Å²) in [6.07, 6.45) is 0.706. The summed E-state index contributed by atoms with van der Waals surface area (Å²) in [6.45, 7) is 2.85. The van der Waals surface area contributed by atoms with E-state index < -0.39 is 0 Å². The van der Waals surface area contributed by atoms with Crippen molar-refractivity contribution < 1.29 is 13.2 Å². The molecule has 1 aromatic carbocycles. The molecule has 3 aromatic rings. The molecule has 0 aliphatic rings. The van der Waals surface area contributed by atoms with E-state index in [1.165, 1.54) is 12.1 Å². The number of rotatable bonds is 6. The van der Waals surface area contributed by atoms with E-state index in [1.54, 1.807) is 12.1 Å². The molecule has 0 saturated carbocycles. The van der Waals surface area contributed by atoms with Crippen LogP contribution in [0, 0.1) is 5.82 Å². The van der Waals surface area contributed by atoms with E-state index in [1.807, 2.05) is 18.9 Å². The summed E-state index contributed by atoms with van der Waals surface area (Å²) in [7, 11) is 1.88. The van der Waals surface area contributed by atoms with Crippen LogP contribution in [0.15, 0.2) is 33.1 Å². The second-order valence-corrected chi connectivity index (χ2v) is 5.13. The quantitative estimate of drug-likeness (QED) is 0.690. The van der Waals surface area contributed by atoms with Crippen molar-refractivity contribution in [3.8, 4) is 11.5 Å². The summed E-state index contributed by atoms with van der Waals surface area (Å²) < 4.78 is 24.2. The Morgan fingerprint density at radius 2 is 1.70 bits per heavy atom. The van der Waals surface area contributed by atoms with Gasteiger partial charge in [0.25, 0.3) is 0 Å². The predicted octanol–water partition coefficient (Wildman–Crippen LogP) is 2.45. The lowest BCUT2D eigenvalue weighted by Gasteiger charge is -2.10. The first-order valence-corrected chi connectivity index (χ1v) is 7.22. The minimum Gasteiger partial charge on any atom is -0.424 e. The lowest BCUT2D eigenvalue weighted by molar-refractivity contribution is 0.253. The van der Waals surface area contributed by atoms with Gasteiger partial charge in [-0.3, -0.25) is 4.90 Å². The van der Waals surface area contributed by atoms with Gasteiger partial charge in [-0.1, -0.05) is 13.0 Å². The van der Waals surface area contributed by atoms with Crippen LogP contribution in [0.25, 0.3) is 11.5 Å². The Morgan fingerprint density at radius 3 is 2.39 bits per heavy atom. The Bertz CT molecular complexity index is 786. The van der Waals surface area contributed by atoms with Gasteiger partial charge in [-0.25, -0.2) is 4.39 Å². The summed E-state index contributed by atoms with van der Waals surface area (Å²) >= 11 is 0. The third-order valence-corrected chi connectivity index (χ3v) is 3.16. The minimum atomic E-state index is -0.345. The highest BCUT2D eigenvalue weighted by atomic mass is 19.1. The van der Waals surface area contributed by atoms with Crippen LogP contribution in [0.3, 0.4) is 0 Å². The van der Waals surface area contributed by atoms with Gasteiger partial charge in [0.1, 0.15) is 5.82 Å². The molecule has 7 nitrogen and oxygen atoms in total. The van der Waals surface area contributed by atoms with E-state index >= 15 is 0 Å². The Hall–Kier alpha value is -2.61. The molecule has 0 N–H and O–H groups in total. The van der Waals surface area contributed by atoms with Gasteiger partial charge in [-0.2, -0.15) is 0 Å². The molecule has 0 bridgehead atoms. The maximum atomic E-state index is 13.2. The Morgan fingerprint density at radius 1 is 1.00 bits per heavy atom. The van der Waals surface area contributed by atoms with Gasteiger partial charge < -0.3 is 8.83 Å². The van der Waals surface area contributed by atoms with E-state index in [0.29, 0.717) is 48.6 Å². The van der Waals surface area contributed by atoms with Crippen molar-refractivity contribution in [3.63, 3.8) is 0 Å². The molecule has 0 fully saturated rings. The number of benzene rings is 1. The highest BCUT2D eigenvalue weighted by molar-refractivity contribution is 5.52. The lowest BCUT2D eigenvalue weighted by Crippen LogP contribution is -2.17. The highest BCUT2D eigenvalue weighted by Crippen LogP contribution is 2.19. The number of nitrogens with zero attached hydrogens (tertiary/aromatic N) is 5. The number of halogens is 1. The molecule has 0 unspecified atom stereocenters. The summed E-state index contributed by atoms with van der Waals surface area (Å²) in [5.74, 6) is 1.53. The van der Waals surface area contributed by atoms with Crippen LogP contribution >= 0.6 is 0 Å². The van der Waals surface area contributed by atoms with Crippen molar-refractivity contribution in [2.24, 2.45) is 0 Å². The van der Waals surface area contributed by atoms with Crippen LogP contribution in [0.1, 0.15) is 24.6 Å². The zero-order valence-electron chi connectivity index (χ0n) is 12.9. The van der Waals surface area contributed by atoms with Crippen molar-refractivity contribution >= 4 is 0 Å². The lowest BCUT2D eigenvalue weighted by atomic mass is 10.2. The van der Waals surface area contributed by atoms with Crippen molar-refractivity contribution in [3.05, 3.63) is 47.8 Å². The predicted molar refractivity (Wildman–Crippen MR) is 78.5 cm³/mol. The van der Waals surface area contributed by atoms with E-state index in [9.17, 15) is 4.39 Å². The van der Waals surface area contributed by atoms with Gasteiger partial charge >= 0.3 is 0 Å². The second-order valence-electron chi connectivity index (χ2n) is 5.13. The first-order valence-electron chi connectivity index (χ1n) is 7.22. The summed E-state index contributed by atoms with van der Waals surface area (Å²) in [5.41, 5.74) is 0.552. The molecular weight excluding hydrogens is 301 g/mol. The van der Waals surface area contributed by atoms with Crippen molar-refractivity contribution in [2.75, 3.05) is 7.05 Å². The SMILES string of the molecule is CCc1nnc(CN(C)Cc2nnc(-c3cccc(F)c3)o2)o1. The summed E-state index contributed by atoms with van der Waals surface area (Å²) in [5, 5.41) is 15.8. The van der Waals surface area contributed by atoms with Crippen LogP contribution in [-0.2, 0) is 19.5 Å². The number of aromatic nitrogens is 4. The third kappa shape index (κ3) is 3.78. The van der Waals surface area contributed by atoms with Crippen LogP contribution in [0.4, 0.5) is 4.39 Å². The van der Waals surface area contributed by atoms with Crippen LogP contribution in [-0.4, -0.2) is 32.3 Å². The molecular formula is C15H16FN5O2. The van der Waals surface area contributed by atoms with Gasteiger partial charge in [0.2, 0.25) is 23.6 Å². The van der Waals surface area contributed by atoms with E-state index in [2.05, 4.69) is 20.4 Å². The maximum absolute atomic E-state index is 13.2. The Labute approximate surface area is 132 Å². The standard InChI is InChI=1S/C15H16FN5O2/c1-3-12-17-18-13(22-12)8-21(2)9-14-19-20-15(23-14)10-5-4-6-11(16)7-10/h4-7H,3,8-9H2,1-2H3. The van der Waals surface area contributed by atoms with Crippen LogP contribution in [0.5, 0.6) is 0 Å². The fraction of sp³-hybridized carbons (Fsp3) is 0.333. The number of hydrogen-bond donors (Lipinski definition) is 0. The second kappa shape index (κ2) is 6.66. The number of aryl methyl sites for hydroxylation is 1. The molecule has 120 valence electrons. The fourth-order valence-corrected chi connectivity index (χ4v) is 2.07. The largest absolute Gasteiger partial charge is 0.424 e. The first-order chi connectivity index (χ1) is 11.1. The number of hydrogen-bond acceptors (Lipinski definition) is 7. The van der Waals surface area contributed by atoms with Gasteiger partial charge in [0.05, 0.1) is 13.1 Å². The molecule has 23 heavy (non-hydrogen) atoms. The van der Waals surface area contributed by atoms with Crippen molar-refractivity contribution in [2.45, 2.75) is 26.4 Å². The zero-order chi connectivity index (χ0) is 16.2. The van der Waals surface area contributed by atoms with Crippen molar-refractivity contribution in [1.82, 2.24) is 25.3 Å². The average molecular weight is 317 g/mol. The van der Waals surface area contributed by atoms with E-state index in [-0.39, 0.29) is 5.82 Å². The zero-order valence-corrected chi connectivity index (χ0v) is 12.9. The van der Waals surface area contributed by atoms with Gasteiger partial charge in [-0.05, 0) is 25.2 Å². The molecule has 2 heterocycles. The van der Waals surface area contributed by atoms with Gasteiger partial charge in [-0.15, -0.1) is 20.4 Å². The molecule has 0 atom stereocenters. The van der Waals surface area contributed by atoms with Gasteiger partial charge in [0, 0.05) is 12.0 Å². The van der Waals surface area contributed by atoms with Gasteiger partial charge in [0.15, 0.2) is 0 Å². The van der Waals surface area contributed by atoms with E-state index in [4.69, 9.17) is 8.83 Å². The molecule has 0 radical (unpaired) electrons. The molecule has 0 saturated heterocycles. The molecule has 3 rings (SSSR count). The minimum absolute atomic E-state index is 0.291. The molecule has 0 aliphatic carbocycles. The van der Waals surface area contributed by atoms with E-state index in [0.717, 1.165) is 0 Å². The van der Waals surface area contributed by atoms with Crippen LogP contribution < -0.4 is 0 Å². The smallest absolute Gasteiger partial charge is 0.247 e. The normalized spacial score (nSPS) is 11.3.